The third kappa shape index (κ3) is 5.97. The van der Waals surface area contributed by atoms with Gasteiger partial charge in [0.25, 0.3) is 5.91 Å². The second kappa shape index (κ2) is 11.5. The molecule has 2 radical (unpaired) electrons. The van der Waals surface area contributed by atoms with Gasteiger partial charge in [0.05, 0.1) is 18.4 Å². The summed E-state index contributed by atoms with van der Waals surface area (Å²) in [6.45, 7) is 1.90. The van der Waals surface area contributed by atoms with Crippen LogP contribution >= 0.6 is 0 Å². The van der Waals surface area contributed by atoms with E-state index in [1.54, 1.807) is 43.8 Å². The van der Waals surface area contributed by atoms with E-state index in [1.165, 1.54) is 6.42 Å². The molecule has 0 bridgehead atoms. The predicted octanol–water partition coefficient (Wildman–Crippen LogP) is 4.88. The molecule has 2 aromatic carbocycles. The Kier molecular flexibility index (Phi) is 7.95. The van der Waals surface area contributed by atoms with Crippen molar-refractivity contribution in [1.29, 1.82) is 5.26 Å². The van der Waals surface area contributed by atoms with Gasteiger partial charge in [-0.1, -0.05) is 25.3 Å². The smallest absolute Gasteiger partial charge is 0.307 e. The van der Waals surface area contributed by atoms with Crippen molar-refractivity contribution in [3.8, 4) is 28.7 Å². The summed E-state index contributed by atoms with van der Waals surface area (Å²) in [4.78, 5) is 21.5. The van der Waals surface area contributed by atoms with Crippen molar-refractivity contribution in [2.24, 2.45) is 0 Å². The van der Waals surface area contributed by atoms with E-state index >= 15 is 0 Å². The summed E-state index contributed by atoms with van der Waals surface area (Å²) in [6.07, 6.45) is 9.04. The van der Waals surface area contributed by atoms with Gasteiger partial charge in [0.1, 0.15) is 17.6 Å². The first-order valence-corrected chi connectivity index (χ1v) is 13.0. The zero-order valence-electron chi connectivity index (χ0n) is 19.8. The Morgan fingerprint density at radius 3 is 2.51 bits per heavy atom. The highest BCUT2D eigenvalue weighted by molar-refractivity contribution is 6.26. The van der Waals surface area contributed by atoms with Gasteiger partial charge >= 0.3 is 9.76 Å². The van der Waals surface area contributed by atoms with Crippen LogP contribution in [-0.4, -0.2) is 38.8 Å². The molecule has 0 unspecified atom stereocenters. The summed E-state index contributed by atoms with van der Waals surface area (Å²) in [6, 6.07) is 13.1. The number of benzene rings is 2. The quantitative estimate of drug-likeness (QED) is 0.438. The number of methoxy groups -OCH3 is 1. The fourth-order valence-corrected chi connectivity index (χ4v) is 4.49. The lowest BCUT2D eigenvalue weighted by atomic mass is 9.95. The first-order valence-electron chi connectivity index (χ1n) is 11.6. The van der Waals surface area contributed by atoms with Crippen LogP contribution < -0.4 is 19.8 Å². The summed E-state index contributed by atoms with van der Waals surface area (Å²) in [5, 5.41) is 15.5. The molecule has 0 saturated heterocycles. The molecule has 1 aliphatic rings. The van der Waals surface area contributed by atoms with Crippen molar-refractivity contribution in [3.05, 3.63) is 59.9 Å². The van der Waals surface area contributed by atoms with Gasteiger partial charge < -0.3 is 19.8 Å². The minimum Gasteiger partial charge on any atom is -0.540 e. The second-order valence-electron chi connectivity index (χ2n) is 8.27. The van der Waals surface area contributed by atoms with E-state index in [4.69, 9.17) is 9.16 Å². The molecule has 1 saturated carbocycles. The van der Waals surface area contributed by atoms with Gasteiger partial charge in [-0.25, -0.2) is 9.97 Å². The topological polar surface area (TPSA) is 109 Å². The normalized spacial score (nSPS) is 13.5. The van der Waals surface area contributed by atoms with Crippen LogP contribution in [0.3, 0.4) is 0 Å². The lowest BCUT2D eigenvalue weighted by molar-refractivity contribution is 0.0927. The average molecular weight is 486 g/mol. The Hall–Kier alpha value is -3.90. The van der Waals surface area contributed by atoms with E-state index in [0.29, 0.717) is 34.3 Å². The van der Waals surface area contributed by atoms with Crippen LogP contribution in [0.15, 0.2) is 48.8 Å². The minimum atomic E-state index is -0.0864. The standard InChI is InChI=1S/C26H27N5O3Si/c1-33-24-13-18(25(32)30-21-6-4-3-5-7-21)10-11-22(24)31-26-28-15-20(16-29-26)17-8-9-19(14-27)23(12-17)34-35-2/h8-13,15-16,21H,3-7H2,1-2H3,(H,30,32)(H,28,29,31). The number of carbonyl (C=O) groups is 1. The fraction of sp³-hybridized carbons (Fsp3) is 0.308. The molecule has 1 fully saturated rings. The number of hydrogen-bond acceptors (Lipinski definition) is 7. The molecule has 3 aromatic rings. The molecule has 4 rings (SSSR count). The molecule has 1 aliphatic carbocycles. The van der Waals surface area contributed by atoms with Crippen LogP contribution in [0.2, 0.25) is 6.55 Å². The van der Waals surface area contributed by atoms with Crippen molar-refractivity contribution < 1.29 is 14.0 Å². The van der Waals surface area contributed by atoms with E-state index < -0.39 is 0 Å². The molecule has 1 heterocycles. The third-order valence-electron chi connectivity index (χ3n) is 5.95. The van der Waals surface area contributed by atoms with E-state index in [-0.39, 0.29) is 21.7 Å². The van der Waals surface area contributed by atoms with Gasteiger partial charge in [0, 0.05) is 29.6 Å². The fourth-order valence-electron chi connectivity index (χ4n) is 4.10. The van der Waals surface area contributed by atoms with Crippen LogP contribution in [0.25, 0.3) is 11.1 Å². The highest BCUT2D eigenvalue weighted by atomic mass is 28.2. The van der Waals surface area contributed by atoms with Gasteiger partial charge in [-0.2, -0.15) is 5.26 Å². The molecule has 1 amide bonds. The van der Waals surface area contributed by atoms with Crippen molar-refractivity contribution in [2.45, 2.75) is 44.7 Å². The van der Waals surface area contributed by atoms with Crippen molar-refractivity contribution in [1.82, 2.24) is 15.3 Å². The van der Waals surface area contributed by atoms with E-state index in [9.17, 15) is 10.1 Å². The van der Waals surface area contributed by atoms with Crippen molar-refractivity contribution in [3.63, 3.8) is 0 Å². The Bertz CT molecular complexity index is 1220. The lowest BCUT2D eigenvalue weighted by Gasteiger charge is -2.23. The maximum Gasteiger partial charge on any atom is 0.307 e. The molecule has 0 spiro atoms. The summed E-state index contributed by atoms with van der Waals surface area (Å²) < 4.78 is 11.1. The number of rotatable bonds is 8. The monoisotopic (exact) mass is 485 g/mol. The largest absolute Gasteiger partial charge is 0.540 e. The Morgan fingerprint density at radius 2 is 1.83 bits per heavy atom. The molecule has 9 heteroatoms. The van der Waals surface area contributed by atoms with Gasteiger partial charge in [0.15, 0.2) is 0 Å². The number of hydrogen-bond donors (Lipinski definition) is 2. The van der Waals surface area contributed by atoms with Gasteiger partial charge in [-0.3, -0.25) is 4.79 Å². The summed E-state index contributed by atoms with van der Waals surface area (Å²) in [5.41, 5.74) is 3.36. The van der Waals surface area contributed by atoms with Crippen LogP contribution in [0, 0.1) is 11.3 Å². The molecule has 0 aliphatic heterocycles. The summed E-state index contributed by atoms with van der Waals surface area (Å²) in [5.74, 6) is 1.39. The van der Waals surface area contributed by atoms with Gasteiger partial charge in [0.2, 0.25) is 5.95 Å². The maximum absolute atomic E-state index is 12.7. The number of ether oxygens (including phenoxy) is 1. The van der Waals surface area contributed by atoms with Crippen LogP contribution in [0.5, 0.6) is 11.5 Å². The number of nitrogens with zero attached hydrogens (tertiary/aromatic N) is 3. The highest BCUT2D eigenvalue weighted by Crippen LogP contribution is 2.30. The maximum atomic E-state index is 12.7. The average Bonchev–Trinajstić information content (AvgIpc) is 2.90. The van der Waals surface area contributed by atoms with Crippen LogP contribution in [0.4, 0.5) is 11.6 Å². The second-order valence-corrected chi connectivity index (χ2v) is 8.89. The number of amides is 1. The predicted molar refractivity (Wildman–Crippen MR) is 135 cm³/mol. The van der Waals surface area contributed by atoms with Crippen molar-refractivity contribution in [2.75, 3.05) is 12.4 Å². The number of nitrogens with one attached hydrogen (secondary N) is 2. The first kappa shape index (κ1) is 24.2. The third-order valence-corrected chi connectivity index (χ3v) is 6.37. The van der Waals surface area contributed by atoms with E-state index in [2.05, 4.69) is 26.7 Å². The molecule has 2 N–H and O–H groups in total. The summed E-state index contributed by atoms with van der Waals surface area (Å²) >= 11 is 0. The van der Waals surface area contributed by atoms with Crippen LogP contribution in [0.1, 0.15) is 48.0 Å². The minimum absolute atomic E-state index is 0.0864. The zero-order valence-corrected chi connectivity index (χ0v) is 20.8. The number of nitriles is 1. The molecule has 8 nitrogen and oxygen atoms in total. The summed E-state index contributed by atoms with van der Waals surface area (Å²) in [7, 11) is 1.80. The Balaban J connectivity index is 1.47. The van der Waals surface area contributed by atoms with Gasteiger partial charge in [-0.05, 0) is 55.3 Å². The molecule has 35 heavy (non-hydrogen) atoms. The zero-order chi connectivity index (χ0) is 24.6. The highest BCUT2D eigenvalue weighted by Gasteiger charge is 2.18. The first-order chi connectivity index (χ1) is 17.1. The molecule has 178 valence electrons. The molecular formula is C26H27N5O3Si. The molecule has 1 aromatic heterocycles. The van der Waals surface area contributed by atoms with Gasteiger partial charge in [-0.15, -0.1) is 0 Å². The lowest BCUT2D eigenvalue weighted by Crippen LogP contribution is -2.36. The Labute approximate surface area is 207 Å². The van der Waals surface area contributed by atoms with Crippen LogP contribution in [-0.2, 0) is 0 Å². The number of carbonyl (C=O) groups excluding carboxylic acids is 1. The van der Waals surface area contributed by atoms with E-state index in [0.717, 1.165) is 36.8 Å². The van der Waals surface area contributed by atoms with E-state index in [1.807, 2.05) is 18.7 Å². The Morgan fingerprint density at radius 1 is 1.06 bits per heavy atom. The number of anilines is 2. The van der Waals surface area contributed by atoms with Crippen molar-refractivity contribution >= 4 is 27.3 Å². The molecule has 0 atom stereocenters. The SMILES string of the molecule is COc1cc(C(=O)NC2CCCCC2)ccc1Nc1ncc(-c2ccc(C#N)c(O[Si]C)c2)cn1. The number of aromatic nitrogens is 2. The molecular weight excluding hydrogens is 458 g/mol.